The Labute approximate surface area is 206 Å². The highest BCUT2D eigenvalue weighted by Gasteiger charge is 2.21. The summed E-state index contributed by atoms with van der Waals surface area (Å²) >= 11 is 0. The average molecular weight is 463 g/mol. The van der Waals surface area contributed by atoms with E-state index in [4.69, 9.17) is 0 Å². The summed E-state index contributed by atoms with van der Waals surface area (Å²) in [4.78, 5) is 4.76. The summed E-state index contributed by atoms with van der Waals surface area (Å²) in [6, 6.07) is 18.0. The van der Waals surface area contributed by atoms with Gasteiger partial charge in [-0.2, -0.15) is 0 Å². The average Bonchev–Trinajstić information content (AvgIpc) is 2.88. The number of likely N-dealkylation sites (tertiary alicyclic amines) is 2. The van der Waals surface area contributed by atoms with Crippen molar-refractivity contribution in [2.24, 2.45) is 11.8 Å². The molecule has 34 heavy (non-hydrogen) atoms. The second-order valence-corrected chi connectivity index (χ2v) is 10.7. The highest BCUT2D eigenvalue weighted by atomic mass is 19.1. The predicted molar refractivity (Wildman–Crippen MR) is 144 cm³/mol. The van der Waals surface area contributed by atoms with Crippen LogP contribution in [0, 0.1) is 11.8 Å². The number of hydrogen-bond donors (Lipinski definition) is 0. The third kappa shape index (κ3) is 6.72. The standard InChI is InChI=1S/C31H43FN2/c1-4-31(32)23-33-20-17-27(18-21-33)8-7-26-9-11-29(12-10-26)30-15-13-28(14-16-30)25(3)34-19-5-6-24(2)22-34/h9-16,24,27,31H,3-8,17-23H2,1-2H3. The molecular formula is C31H43FN2. The summed E-state index contributed by atoms with van der Waals surface area (Å²) in [7, 11) is 0. The molecule has 0 N–H and O–H groups in total. The van der Waals surface area contributed by atoms with E-state index >= 15 is 0 Å². The Hall–Kier alpha value is -2.13. The number of nitrogens with zero attached hydrogens (tertiary/aromatic N) is 2. The molecule has 2 saturated heterocycles. The molecule has 2 aromatic carbocycles. The minimum atomic E-state index is -0.663. The van der Waals surface area contributed by atoms with Gasteiger partial charge in [-0.1, -0.05) is 69.0 Å². The molecule has 0 aromatic heterocycles. The predicted octanol–water partition coefficient (Wildman–Crippen LogP) is 7.45. The largest absolute Gasteiger partial charge is 0.371 e. The Morgan fingerprint density at radius 2 is 1.62 bits per heavy atom. The Morgan fingerprint density at radius 3 is 2.24 bits per heavy atom. The fraction of sp³-hybridized carbons (Fsp3) is 0.548. The Kier molecular flexibility index (Phi) is 8.83. The fourth-order valence-electron chi connectivity index (χ4n) is 5.57. The molecule has 0 aliphatic carbocycles. The van der Waals surface area contributed by atoms with Crippen LogP contribution >= 0.6 is 0 Å². The molecule has 0 spiro atoms. The van der Waals surface area contributed by atoms with Gasteiger partial charge in [0.15, 0.2) is 0 Å². The molecular weight excluding hydrogens is 419 g/mol. The van der Waals surface area contributed by atoms with Crippen molar-refractivity contribution in [3.63, 3.8) is 0 Å². The Balaban J connectivity index is 1.25. The minimum Gasteiger partial charge on any atom is -0.371 e. The van der Waals surface area contributed by atoms with E-state index in [1.54, 1.807) is 0 Å². The van der Waals surface area contributed by atoms with Crippen LogP contribution in [0.5, 0.6) is 0 Å². The van der Waals surface area contributed by atoms with Crippen LogP contribution in [0.1, 0.15) is 63.5 Å². The zero-order valence-electron chi connectivity index (χ0n) is 21.3. The van der Waals surface area contributed by atoms with E-state index in [1.807, 2.05) is 6.92 Å². The monoisotopic (exact) mass is 462 g/mol. The van der Waals surface area contributed by atoms with E-state index in [0.717, 1.165) is 50.1 Å². The maximum absolute atomic E-state index is 13.6. The molecule has 3 heteroatoms. The lowest BCUT2D eigenvalue weighted by atomic mass is 9.90. The van der Waals surface area contributed by atoms with E-state index in [0.29, 0.717) is 13.0 Å². The van der Waals surface area contributed by atoms with E-state index < -0.39 is 6.17 Å². The third-order valence-electron chi connectivity index (χ3n) is 7.99. The molecule has 0 radical (unpaired) electrons. The molecule has 2 atom stereocenters. The zero-order chi connectivity index (χ0) is 23.9. The highest BCUT2D eigenvalue weighted by Crippen LogP contribution is 2.28. The minimum absolute atomic E-state index is 0.622. The van der Waals surface area contributed by atoms with Crippen LogP contribution in [-0.2, 0) is 6.42 Å². The molecule has 0 bridgehead atoms. The Morgan fingerprint density at radius 1 is 0.971 bits per heavy atom. The maximum atomic E-state index is 13.6. The number of benzene rings is 2. The maximum Gasteiger partial charge on any atom is 0.112 e. The first-order valence-corrected chi connectivity index (χ1v) is 13.5. The smallest absolute Gasteiger partial charge is 0.112 e. The van der Waals surface area contributed by atoms with Gasteiger partial charge in [0.25, 0.3) is 0 Å². The van der Waals surface area contributed by atoms with Gasteiger partial charge in [-0.3, -0.25) is 0 Å². The lowest BCUT2D eigenvalue weighted by Crippen LogP contribution is -2.37. The molecule has 0 saturated carbocycles. The van der Waals surface area contributed by atoms with Crippen LogP contribution in [-0.4, -0.2) is 48.7 Å². The van der Waals surface area contributed by atoms with Crippen molar-refractivity contribution < 1.29 is 4.39 Å². The van der Waals surface area contributed by atoms with Gasteiger partial charge in [-0.15, -0.1) is 0 Å². The Bertz CT molecular complexity index is 896. The molecule has 2 aliphatic heterocycles. The van der Waals surface area contributed by atoms with Crippen molar-refractivity contribution in [3.8, 4) is 11.1 Å². The van der Waals surface area contributed by atoms with E-state index in [2.05, 4.69) is 71.8 Å². The van der Waals surface area contributed by atoms with Crippen molar-refractivity contribution in [1.29, 1.82) is 0 Å². The SMILES string of the molecule is C=C(c1ccc(-c2ccc(CCC3CCN(CC(F)CC)CC3)cc2)cc1)N1CCCC(C)C1. The second kappa shape index (κ2) is 12.0. The lowest BCUT2D eigenvalue weighted by molar-refractivity contribution is 0.136. The molecule has 0 amide bonds. The first-order chi connectivity index (χ1) is 16.5. The lowest BCUT2D eigenvalue weighted by Gasteiger charge is -2.34. The van der Waals surface area contributed by atoms with Crippen LogP contribution in [0.3, 0.4) is 0 Å². The van der Waals surface area contributed by atoms with E-state index in [1.165, 1.54) is 54.4 Å². The first kappa shape index (κ1) is 25.0. The number of hydrogen-bond acceptors (Lipinski definition) is 2. The van der Waals surface area contributed by atoms with Crippen LogP contribution < -0.4 is 0 Å². The quantitative estimate of drug-likeness (QED) is 0.382. The number of rotatable bonds is 9. The van der Waals surface area contributed by atoms with Gasteiger partial charge in [0, 0.05) is 25.3 Å². The van der Waals surface area contributed by atoms with Crippen molar-refractivity contribution in [2.75, 3.05) is 32.7 Å². The van der Waals surface area contributed by atoms with Gasteiger partial charge in [0.2, 0.25) is 0 Å². The third-order valence-corrected chi connectivity index (χ3v) is 7.99. The number of alkyl halides is 1. The normalized spacial score (nSPS) is 20.9. The first-order valence-electron chi connectivity index (χ1n) is 13.5. The molecule has 2 nitrogen and oxygen atoms in total. The highest BCUT2D eigenvalue weighted by molar-refractivity contribution is 5.69. The number of piperidine rings is 2. The van der Waals surface area contributed by atoms with Crippen molar-refractivity contribution in [2.45, 2.75) is 65.0 Å². The van der Waals surface area contributed by atoms with Crippen molar-refractivity contribution >= 4 is 5.70 Å². The molecule has 2 aromatic rings. The van der Waals surface area contributed by atoms with Gasteiger partial charge < -0.3 is 9.80 Å². The number of halogens is 1. The van der Waals surface area contributed by atoms with Gasteiger partial charge in [-0.05, 0) is 92.1 Å². The molecule has 2 heterocycles. The van der Waals surface area contributed by atoms with Gasteiger partial charge in [0.1, 0.15) is 6.17 Å². The van der Waals surface area contributed by atoms with Crippen LogP contribution in [0.2, 0.25) is 0 Å². The molecule has 4 rings (SSSR count). The summed E-state index contributed by atoms with van der Waals surface area (Å²) < 4.78 is 13.6. The number of aryl methyl sites for hydroxylation is 1. The van der Waals surface area contributed by atoms with Crippen LogP contribution in [0.4, 0.5) is 4.39 Å². The van der Waals surface area contributed by atoms with Gasteiger partial charge in [0.05, 0.1) is 0 Å². The van der Waals surface area contributed by atoms with E-state index in [9.17, 15) is 4.39 Å². The van der Waals surface area contributed by atoms with Crippen molar-refractivity contribution in [1.82, 2.24) is 9.80 Å². The topological polar surface area (TPSA) is 6.48 Å². The summed E-state index contributed by atoms with van der Waals surface area (Å²) in [5.41, 5.74) is 6.36. The summed E-state index contributed by atoms with van der Waals surface area (Å²) in [6.07, 6.45) is 7.37. The summed E-state index contributed by atoms with van der Waals surface area (Å²) in [5.74, 6) is 1.53. The summed E-state index contributed by atoms with van der Waals surface area (Å²) in [5, 5.41) is 0. The molecule has 2 aliphatic rings. The van der Waals surface area contributed by atoms with Gasteiger partial charge in [-0.25, -0.2) is 4.39 Å². The second-order valence-electron chi connectivity index (χ2n) is 10.7. The molecule has 2 unspecified atom stereocenters. The molecule has 2 fully saturated rings. The fourth-order valence-corrected chi connectivity index (χ4v) is 5.57. The van der Waals surface area contributed by atoms with Gasteiger partial charge >= 0.3 is 0 Å². The summed E-state index contributed by atoms with van der Waals surface area (Å²) in [6.45, 7) is 13.6. The molecule has 184 valence electrons. The van der Waals surface area contributed by atoms with Crippen LogP contribution in [0.25, 0.3) is 16.8 Å². The van der Waals surface area contributed by atoms with Crippen LogP contribution in [0.15, 0.2) is 55.1 Å². The van der Waals surface area contributed by atoms with Crippen molar-refractivity contribution in [3.05, 3.63) is 66.2 Å². The zero-order valence-corrected chi connectivity index (χ0v) is 21.3. The van der Waals surface area contributed by atoms with E-state index in [-0.39, 0.29) is 0 Å².